The molecule has 5 rings (SSSR count). The van der Waals surface area contributed by atoms with Crippen LogP contribution in [0.3, 0.4) is 0 Å². The fourth-order valence-corrected chi connectivity index (χ4v) is 3.95. The number of fused-ring (bicyclic) bond motifs is 1. The van der Waals surface area contributed by atoms with E-state index in [0.717, 1.165) is 47.9 Å². The lowest BCUT2D eigenvalue weighted by atomic mass is 10.2. The van der Waals surface area contributed by atoms with Crippen molar-refractivity contribution in [2.24, 2.45) is 0 Å². The number of rotatable bonds is 7. The molecule has 0 radical (unpaired) electrons. The predicted octanol–water partition coefficient (Wildman–Crippen LogP) is 3.51. The van der Waals surface area contributed by atoms with Crippen molar-refractivity contribution in [1.82, 2.24) is 25.3 Å². The van der Waals surface area contributed by atoms with Crippen molar-refractivity contribution in [3.05, 3.63) is 47.7 Å². The average Bonchev–Trinajstić information content (AvgIpc) is 3.45. The molecule has 1 aliphatic carbocycles. The third-order valence-corrected chi connectivity index (χ3v) is 5.77. The Labute approximate surface area is 183 Å². The highest BCUT2D eigenvalue weighted by Crippen LogP contribution is 2.24. The Morgan fingerprint density at radius 1 is 1.00 bits per heavy atom. The fourth-order valence-electron chi connectivity index (χ4n) is 3.95. The molecule has 7 nitrogen and oxygen atoms in total. The Balaban J connectivity index is 1.46. The molecule has 1 aromatic carbocycles. The van der Waals surface area contributed by atoms with Crippen LogP contribution < -0.4 is 15.1 Å². The highest BCUT2D eigenvalue weighted by molar-refractivity contribution is 5.90. The van der Waals surface area contributed by atoms with Crippen LogP contribution in [-0.2, 0) is 6.54 Å². The molecule has 2 aromatic heterocycles. The van der Waals surface area contributed by atoms with Crippen molar-refractivity contribution < 1.29 is 0 Å². The molecular formula is C24H29N7. The van der Waals surface area contributed by atoms with Gasteiger partial charge in [0.05, 0.1) is 11.2 Å². The van der Waals surface area contributed by atoms with Crippen LogP contribution in [0, 0.1) is 0 Å². The summed E-state index contributed by atoms with van der Waals surface area (Å²) in [7, 11) is 4.01. The molecule has 31 heavy (non-hydrogen) atoms. The van der Waals surface area contributed by atoms with Gasteiger partial charge in [-0.2, -0.15) is 0 Å². The van der Waals surface area contributed by atoms with Crippen LogP contribution in [0.25, 0.3) is 23.1 Å². The van der Waals surface area contributed by atoms with E-state index < -0.39 is 0 Å². The Bertz CT molecular complexity index is 1100. The maximum absolute atomic E-state index is 4.83. The highest BCUT2D eigenvalue weighted by Gasteiger charge is 2.21. The summed E-state index contributed by atoms with van der Waals surface area (Å²) in [6.45, 7) is 2.91. The molecule has 2 fully saturated rings. The molecular weight excluding hydrogens is 386 g/mol. The molecule has 160 valence electrons. The Morgan fingerprint density at radius 3 is 2.48 bits per heavy atom. The molecule has 1 saturated heterocycles. The third kappa shape index (κ3) is 4.66. The van der Waals surface area contributed by atoms with Gasteiger partial charge in [0.1, 0.15) is 11.6 Å². The van der Waals surface area contributed by atoms with E-state index in [0.29, 0.717) is 17.7 Å². The molecule has 1 aliphatic heterocycles. The topological polar surface area (TPSA) is 70.1 Å². The van der Waals surface area contributed by atoms with Crippen LogP contribution in [-0.4, -0.2) is 53.2 Å². The second kappa shape index (κ2) is 8.59. The van der Waals surface area contributed by atoms with Gasteiger partial charge in [-0.3, -0.25) is 0 Å². The monoisotopic (exact) mass is 415 g/mol. The van der Waals surface area contributed by atoms with Crippen molar-refractivity contribution in [3.63, 3.8) is 0 Å². The van der Waals surface area contributed by atoms with Crippen LogP contribution in [0.5, 0.6) is 0 Å². The van der Waals surface area contributed by atoms with Gasteiger partial charge in [-0.15, -0.1) is 0 Å². The van der Waals surface area contributed by atoms with Gasteiger partial charge in [-0.05, 0) is 50.0 Å². The predicted molar refractivity (Wildman–Crippen MR) is 126 cm³/mol. The van der Waals surface area contributed by atoms with Crippen molar-refractivity contribution in [1.29, 1.82) is 0 Å². The molecule has 7 heteroatoms. The number of nitrogens with one attached hydrogen (secondary N) is 1. The second-order valence-corrected chi connectivity index (χ2v) is 8.58. The summed E-state index contributed by atoms with van der Waals surface area (Å²) in [6, 6.07) is 10.9. The van der Waals surface area contributed by atoms with E-state index in [9.17, 15) is 0 Å². The van der Waals surface area contributed by atoms with E-state index in [1.54, 1.807) is 0 Å². The molecule has 0 atom stereocenters. The van der Waals surface area contributed by atoms with E-state index in [2.05, 4.69) is 22.3 Å². The van der Waals surface area contributed by atoms with Crippen LogP contribution in [0.2, 0.25) is 0 Å². The first-order valence-corrected chi connectivity index (χ1v) is 11.1. The van der Waals surface area contributed by atoms with E-state index in [-0.39, 0.29) is 0 Å². The number of hydrogen-bond acceptors (Lipinski definition) is 7. The minimum atomic E-state index is 0.652. The first kappa shape index (κ1) is 19.9. The average molecular weight is 416 g/mol. The molecule has 1 N–H and O–H groups in total. The minimum absolute atomic E-state index is 0.652. The number of para-hydroxylation sites is 1. The molecule has 0 unspecified atom stereocenters. The third-order valence-electron chi connectivity index (χ3n) is 5.77. The second-order valence-electron chi connectivity index (χ2n) is 8.58. The van der Waals surface area contributed by atoms with Gasteiger partial charge in [0.2, 0.25) is 0 Å². The number of benzene rings is 1. The number of nitrogens with zero attached hydrogens (tertiary/aromatic N) is 6. The number of aromatic nitrogens is 4. The van der Waals surface area contributed by atoms with E-state index >= 15 is 0 Å². The number of anilines is 2. The Kier molecular flexibility index (Phi) is 5.51. The Hall–Kier alpha value is -3.06. The van der Waals surface area contributed by atoms with Crippen LogP contribution >= 0.6 is 0 Å². The molecule has 3 heterocycles. The summed E-state index contributed by atoms with van der Waals surface area (Å²) in [5.74, 6) is 3.30. The molecule has 0 bridgehead atoms. The van der Waals surface area contributed by atoms with Crippen molar-refractivity contribution in [2.45, 2.75) is 38.3 Å². The van der Waals surface area contributed by atoms with E-state index in [1.165, 1.54) is 25.7 Å². The summed E-state index contributed by atoms with van der Waals surface area (Å²) in [5.41, 5.74) is 1.97. The summed E-state index contributed by atoms with van der Waals surface area (Å²) in [6.07, 6.45) is 8.84. The van der Waals surface area contributed by atoms with Gasteiger partial charge < -0.3 is 15.1 Å². The lowest BCUT2D eigenvalue weighted by Crippen LogP contribution is -2.21. The standard InChI is InChI=1S/C24H29N7/c1-30(2)24-19-7-3-4-8-20(19)27-22(29-24)12-11-21-26-18(16-25-17-9-10-17)15-23(28-21)31-13-5-6-14-31/h3-4,7-8,11-12,15,17,25H,5-6,9-10,13-14,16H2,1-2H3. The quantitative estimate of drug-likeness (QED) is 0.633. The summed E-state index contributed by atoms with van der Waals surface area (Å²) in [5, 5.41) is 4.62. The van der Waals surface area contributed by atoms with Crippen molar-refractivity contribution in [2.75, 3.05) is 37.0 Å². The lowest BCUT2D eigenvalue weighted by molar-refractivity contribution is 0.671. The zero-order valence-electron chi connectivity index (χ0n) is 18.3. The Morgan fingerprint density at radius 2 is 1.74 bits per heavy atom. The van der Waals surface area contributed by atoms with Gasteiger partial charge in [-0.25, -0.2) is 19.9 Å². The normalized spacial score (nSPS) is 16.5. The van der Waals surface area contributed by atoms with Crippen LogP contribution in [0.1, 0.15) is 43.0 Å². The summed E-state index contributed by atoms with van der Waals surface area (Å²) >= 11 is 0. The zero-order chi connectivity index (χ0) is 21.2. The molecule has 0 amide bonds. The zero-order valence-corrected chi connectivity index (χ0v) is 18.3. The van der Waals surface area contributed by atoms with E-state index in [4.69, 9.17) is 19.9 Å². The van der Waals surface area contributed by atoms with Crippen LogP contribution in [0.15, 0.2) is 30.3 Å². The summed E-state index contributed by atoms with van der Waals surface area (Å²) in [4.78, 5) is 23.5. The maximum atomic E-state index is 4.83. The molecule has 3 aromatic rings. The fraction of sp³-hybridized carbons (Fsp3) is 0.417. The van der Waals surface area contributed by atoms with Crippen molar-refractivity contribution >= 4 is 34.7 Å². The largest absolute Gasteiger partial charge is 0.362 e. The summed E-state index contributed by atoms with van der Waals surface area (Å²) < 4.78 is 0. The highest BCUT2D eigenvalue weighted by atomic mass is 15.2. The van der Waals surface area contributed by atoms with Gasteiger partial charge in [0.15, 0.2) is 11.6 Å². The number of hydrogen-bond donors (Lipinski definition) is 1. The minimum Gasteiger partial charge on any atom is -0.362 e. The van der Waals surface area contributed by atoms with Gasteiger partial charge in [-0.1, -0.05) is 12.1 Å². The van der Waals surface area contributed by atoms with Gasteiger partial charge in [0, 0.05) is 51.2 Å². The molecule has 2 aliphatic rings. The first-order chi connectivity index (χ1) is 15.2. The maximum Gasteiger partial charge on any atom is 0.155 e. The molecule has 0 spiro atoms. The van der Waals surface area contributed by atoms with Crippen molar-refractivity contribution in [3.8, 4) is 0 Å². The van der Waals surface area contributed by atoms with Crippen LogP contribution in [0.4, 0.5) is 11.6 Å². The van der Waals surface area contributed by atoms with E-state index in [1.807, 2.05) is 49.3 Å². The smallest absolute Gasteiger partial charge is 0.155 e. The first-order valence-electron chi connectivity index (χ1n) is 11.1. The van der Waals surface area contributed by atoms with Gasteiger partial charge >= 0.3 is 0 Å². The lowest BCUT2D eigenvalue weighted by Gasteiger charge is -2.17. The van der Waals surface area contributed by atoms with Gasteiger partial charge in [0.25, 0.3) is 0 Å². The molecule has 1 saturated carbocycles. The SMILES string of the molecule is CN(C)c1nc(C=Cc2nc(CNC3CC3)cc(N3CCCC3)n2)nc2ccccc12.